The van der Waals surface area contributed by atoms with Gasteiger partial charge < -0.3 is 10.2 Å². The second-order valence-electron chi connectivity index (χ2n) is 7.52. The lowest BCUT2D eigenvalue weighted by molar-refractivity contribution is 0.0163. The molecule has 0 saturated heterocycles. The average molecular weight is 367 g/mol. The number of rotatable bonds is 1. The van der Waals surface area contributed by atoms with Crippen LogP contribution in [-0.4, -0.2) is 22.1 Å². The van der Waals surface area contributed by atoms with Gasteiger partial charge >= 0.3 is 0 Å². The van der Waals surface area contributed by atoms with Gasteiger partial charge in [-0.2, -0.15) is 0 Å². The Labute approximate surface area is 139 Å². The van der Waals surface area contributed by atoms with Crippen LogP contribution in [0.25, 0.3) is 0 Å². The maximum atomic E-state index is 12.7. The molecule has 120 valence electrons. The number of benzene rings is 1. The Balaban J connectivity index is 2.30. The lowest BCUT2D eigenvalue weighted by Gasteiger charge is -2.43. The Morgan fingerprint density at radius 3 is 2.64 bits per heavy atom. The molecule has 3 rings (SSSR count). The van der Waals surface area contributed by atoms with E-state index in [1.165, 1.54) is 0 Å². The first kappa shape index (κ1) is 16.0. The number of aryl methyl sites for hydroxylation is 1. The summed E-state index contributed by atoms with van der Waals surface area (Å²) in [5.74, 6) is 0.664. The molecule has 0 aromatic heterocycles. The fourth-order valence-corrected chi connectivity index (χ4v) is 4.95. The van der Waals surface area contributed by atoms with E-state index in [1.807, 2.05) is 19.9 Å². The molecule has 4 atom stereocenters. The van der Waals surface area contributed by atoms with Gasteiger partial charge in [-0.15, -0.1) is 0 Å². The third-order valence-corrected chi connectivity index (χ3v) is 6.92. The van der Waals surface area contributed by atoms with Crippen molar-refractivity contribution in [2.45, 2.75) is 52.6 Å². The standard InChI is InChI=1S/C18H23BrO3/c1-8(2)10-5-6-18(4)13(10)11-7-9(3)14(19)15(20)12(11)16(21)17(18)22/h7-8,10,13,17,20,22H,5-6H2,1-4H3/t10-,13-,17+,18-/m1/s1. The maximum Gasteiger partial charge on any atom is 0.195 e. The summed E-state index contributed by atoms with van der Waals surface area (Å²) >= 11 is 3.35. The van der Waals surface area contributed by atoms with Crippen molar-refractivity contribution >= 4 is 21.7 Å². The van der Waals surface area contributed by atoms with Gasteiger partial charge in [0, 0.05) is 5.41 Å². The maximum absolute atomic E-state index is 12.7. The second-order valence-corrected chi connectivity index (χ2v) is 8.31. The molecular weight excluding hydrogens is 344 g/mol. The Morgan fingerprint density at radius 2 is 2.05 bits per heavy atom. The van der Waals surface area contributed by atoms with Crippen molar-refractivity contribution in [2.24, 2.45) is 17.3 Å². The van der Waals surface area contributed by atoms with E-state index in [4.69, 9.17) is 0 Å². The van der Waals surface area contributed by atoms with Gasteiger partial charge in [-0.05, 0) is 64.6 Å². The van der Waals surface area contributed by atoms with E-state index in [0.29, 0.717) is 21.9 Å². The van der Waals surface area contributed by atoms with Crippen molar-refractivity contribution in [3.63, 3.8) is 0 Å². The van der Waals surface area contributed by atoms with Gasteiger partial charge in [0.05, 0.1) is 10.0 Å². The second kappa shape index (κ2) is 5.07. The number of phenolic OH excluding ortho intramolecular Hbond substituents is 1. The van der Waals surface area contributed by atoms with Gasteiger partial charge in [-0.3, -0.25) is 4.79 Å². The summed E-state index contributed by atoms with van der Waals surface area (Å²) in [4.78, 5) is 12.7. The quantitative estimate of drug-likeness (QED) is 0.783. The number of aromatic hydroxyl groups is 1. The lowest BCUT2D eigenvalue weighted by Crippen LogP contribution is -2.46. The fourth-order valence-electron chi connectivity index (χ4n) is 4.64. The Morgan fingerprint density at radius 1 is 1.41 bits per heavy atom. The van der Waals surface area contributed by atoms with Crippen LogP contribution in [0.2, 0.25) is 0 Å². The predicted molar refractivity (Wildman–Crippen MR) is 89.3 cm³/mol. The molecule has 2 aliphatic carbocycles. The molecule has 1 fully saturated rings. The smallest absolute Gasteiger partial charge is 0.195 e. The molecule has 0 unspecified atom stereocenters. The third-order valence-electron chi connectivity index (χ3n) is 5.92. The van der Waals surface area contributed by atoms with Crippen LogP contribution < -0.4 is 0 Å². The van der Waals surface area contributed by atoms with Crippen LogP contribution in [0.4, 0.5) is 0 Å². The highest BCUT2D eigenvalue weighted by Gasteiger charge is 2.57. The Bertz CT molecular complexity index is 652. The van der Waals surface area contributed by atoms with E-state index in [0.717, 1.165) is 24.0 Å². The zero-order valence-corrected chi connectivity index (χ0v) is 15.1. The number of hydrogen-bond donors (Lipinski definition) is 2. The number of aliphatic hydroxyl groups is 1. The van der Waals surface area contributed by atoms with E-state index in [-0.39, 0.29) is 17.5 Å². The molecule has 1 saturated carbocycles. The van der Waals surface area contributed by atoms with E-state index in [9.17, 15) is 15.0 Å². The molecule has 3 nitrogen and oxygen atoms in total. The highest BCUT2D eigenvalue weighted by Crippen LogP contribution is 2.61. The molecule has 0 bridgehead atoms. The predicted octanol–water partition coefficient (Wildman–Crippen LogP) is 4.18. The zero-order chi connectivity index (χ0) is 16.4. The number of halogens is 1. The molecular formula is C18H23BrO3. The normalized spacial score (nSPS) is 34.0. The summed E-state index contributed by atoms with van der Waals surface area (Å²) < 4.78 is 0.550. The van der Waals surface area contributed by atoms with E-state index < -0.39 is 11.5 Å². The number of carbonyl (C=O) groups is 1. The van der Waals surface area contributed by atoms with Crippen LogP contribution in [0, 0.1) is 24.2 Å². The number of fused-ring (bicyclic) bond motifs is 3. The minimum absolute atomic E-state index is 0.0180. The van der Waals surface area contributed by atoms with Gasteiger partial charge in [-0.25, -0.2) is 0 Å². The topological polar surface area (TPSA) is 57.5 Å². The van der Waals surface area contributed by atoms with E-state index in [1.54, 1.807) is 0 Å². The first-order chi connectivity index (χ1) is 10.2. The summed E-state index contributed by atoms with van der Waals surface area (Å²) in [6, 6.07) is 2.02. The Hall–Kier alpha value is -0.870. The molecule has 2 aliphatic rings. The van der Waals surface area contributed by atoms with Crippen LogP contribution in [0.15, 0.2) is 10.5 Å². The minimum atomic E-state index is -1.03. The van der Waals surface area contributed by atoms with Crippen molar-refractivity contribution in [1.29, 1.82) is 0 Å². The largest absolute Gasteiger partial charge is 0.506 e. The van der Waals surface area contributed by atoms with Crippen molar-refractivity contribution in [3.8, 4) is 5.75 Å². The summed E-state index contributed by atoms with van der Waals surface area (Å²) in [6.45, 7) is 8.35. The van der Waals surface area contributed by atoms with Crippen LogP contribution in [-0.2, 0) is 0 Å². The van der Waals surface area contributed by atoms with E-state index >= 15 is 0 Å². The summed E-state index contributed by atoms with van der Waals surface area (Å²) in [7, 11) is 0. The first-order valence-electron chi connectivity index (χ1n) is 7.94. The molecule has 22 heavy (non-hydrogen) atoms. The van der Waals surface area contributed by atoms with E-state index in [2.05, 4.69) is 29.8 Å². The SMILES string of the molecule is Cc1cc2c(c(O)c1Br)C(=O)[C@H](O)[C@]1(C)CC[C@H](C(C)C)[C@H]21. The highest BCUT2D eigenvalue weighted by atomic mass is 79.9. The van der Waals surface area contributed by atoms with Crippen LogP contribution in [0.1, 0.15) is 61.0 Å². The molecule has 0 aliphatic heterocycles. The number of carbonyl (C=O) groups excluding carboxylic acids is 1. The molecule has 2 N–H and O–H groups in total. The molecule has 0 amide bonds. The number of Topliss-reactive ketones (excluding diaryl/α,β-unsaturated/α-hetero) is 1. The molecule has 0 heterocycles. The van der Waals surface area contributed by atoms with Crippen molar-refractivity contribution in [1.82, 2.24) is 0 Å². The highest BCUT2D eigenvalue weighted by molar-refractivity contribution is 9.10. The number of phenols is 1. The average Bonchev–Trinajstić information content (AvgIpc) is 2.81. The fraction of sp³-hybridized carbons (Fsp3) is 0.611. The number of ketones is 1. The lowest BCUT2D eigenvalue weighted by atomic mass is 9.61. The molecule has 0 spiro atoms. The zero-order valence-electron chi connectivity index (χ0n) is 13.5. The molecule has 1 aromatic rings. The van der Waals surface area contributed by atoms with Crippen LogP contribution in [0.3, 0.4) is 0 Å². The summed E-state index contributed by atoms with van der Waals surface area (Å²) in [6.07, 6.45) is 0.829. The summed E-state index contributed by atoms with van der Waals surface area (Å²) in [5, 5.41) is 21.1. The molecule has 0 radical (unpaired) electrons. The van der Waals surface area contributed by atoms with Gasteiger partial charge in [0.2, 0.25) is 0 Å². The van der Waals surface area contributed by atoms with Gasteiger partial charge in [0.15, 0.2) is 5.78 Å². The van der Waals surface area contributed by atoms with Gasteiger partial charge in [-0.1, -0.05) is 26.8 Å². The van der Waals surface area contributed by atoms with Crippen molar-refractivity contribution in [2.75, 3.05) is 0 Å². The number of hydrogen-bond acceptors (Lipinski definition) is 3. The van der Waals surface area contributed by atoms with Crippen molar-refractivity contribution in [3.05, 3.63) is 27.2 Å². The van der Waals surface area contributed by atoms with Gasteiger partial charge in [0.1, 0.15) is 11.9 Å². The van der Waals surface area contributed by atoms with Crippen molar-refractivity contribution < 1.29 is 15.0 Å². The summed E-state index contributed by atoms with van der Waals surface area (Å²) in [5.41, 5.74) is 1.75. The first-order valence-corrected chi connectivity index (χ1v) is 8.73. The molecule has 1 aromatic carbocycles. The molecule has 4 heteroatoms. The third kappa shape index (κ3) is 1.93. The Kier molecular flexibility index (Phi) is 3.69. The minimum Gasteiger partial charge on any atom is -0.506 e. The monoisotopic (exact) mass is 366 g/mol. The van der Waals surface area contributed by atoms with Crippen LogP contribution in [0.5, 0.6) is 5.75 Å². The van der Waals surface area contributed by atoms with Gasteiger partial charge in [0.25, 0.3) is 0 Å². The number of aliphatic hydroxyl groups excluding tert-OH is 1. The van der Waals surface area contributed by atoms with Crippen LogP contribution >= 0.6 is 15.9 Å².